The van der Waals surface area contributed by atoms with Crippen LogP contribution in [0.4, 0.5) is 0 Å². The van der Waals surface area contributed by atoms with Crippen molar-refractivity contribution in [2.75, 3.05) is 0 Å². The zero-order valence-corrected chi connectivity index (χ0v) is 15.7. The van der Waals surface area contributed by atoms with Crippen LogP contribution >= 0.6 is 11.3 Å². The van der Waals surface area contributed by atoms with Gasteiger partial charge < -0.3 is 14.9 Å². The van der Waals surface area contributed by atoms with Crippen LogP contribution in [-0.2, 0) is 16.0 Å². The number of hydrogen-bond acceptors (Lipinski definition) is 6. The minimum Gasteiger partial charge on any atom is -0.479 e. The molecule has 27 heavy (non-hydrogen) atoms. The number of carboxylic acids is 1. The third-order valence-electron chi connectivity index (χ3n) is 4.23. The first-order valence-electron chi connectivity index (χ1n) is 8.38. The molecule has 3 aromatic rings. The molecule has 140 valence electrons. The van der Waals surface area contributed by atoms with Crippen molar-refractivity contribution in [3.63, 3.8) is 0 Å². The van der Waals surface area contributed by atoms with Crippen molar-refractivity contribution < 1.29 is 19.2 Å². The van der Waals surface area contributed by atoms with Crippen LogP contribution in [0.15, 0.2) is 39.5 Å². The highest BCUT2D eigenvalue weighted by Gasteiger charge is 2.22. The van der Waals surface area contributed by atoms with Gasteiger partial charge in [-0.3, -0.25) is 4.79 Å². The van der Waals surface area contributed by atoms with Crippen LogP contribution in [-0.4, -0.2) is 27.1 Å². The molecule has 8 heteroatoms. The minimum absolute atomic E-state index is 0.0555. The van der Waals surface area contributed by atoms with Crippen LogP contribution in [0.3, 0.4) is 0 Å². The van der Waals surface area contributed by atoms with Crippen molar-refractivity contribution in [3.05, 3.63) is 57.6 Å². The number of aromatic nitrogens is 2. The first kappa shape index (κ1) is 18.8. The predicted molar refractivity (Wildman–Crippen MR) is 100 cm³/mol. The highest BCUT2D eigenvalue weighted by molar-refractivity contribution is 7.08. The molecule has 1 atom stereocenters. The molecule has 0 fully saturated rings. The Balaban J connectivity index is 1.61. The second-order valence-electron chi connectivity index (χ2n) is 6.21. The number of rotatable bonds is 7. The maximum atomic E-state index is 12.2. The number of benzene rings is 1. The van der Waals surface area contributed by atoms with Crippen molar-refractivity contribution in [1.82, 2.24) is 15.5 Å². The Morgan fingerprint density at radius 2 is 2.07 bits per heavy atom. The molecule has 0 saturated carbocycles. The van der Waals surface area contributed by atoms with Gasteiger partial charge in [-0.15, -0.1) is 0 Å². The Morgan fingerprint density at radius 1 is 1.26 bits per heavy atom. The highest BCUT2D eigenvalue weighted by Crippen LogP contribution is 2.20. The molecule has 2 heterocycles. The second kappa shape index (κ2) is 8.13. The summed E-state index contributed by atoms with van der Waals surface area (Å²) in [4.78, 5) is 28.1. The van der Waals surface area contributed by atoms with E-state index in [0.29, 0.717) is 17.3 Å². The topological polar surface area (TPSA) is 105 Å². The summed E-state index contributed by atoms with van der Waals surface area (Å²) in [5.41, 5.74) is 3.43. The van der Waals surface area contributed by atoms with E-state index in [1.807, 2.05) is 36.7 Å². The van der Waals surface area contributed by atoms with Crippen LogP contribution < -0.4 is 5.32 Å². The molecule has 0 aliphatic rings. The summed E-state index contributed by atoms with van der Waals surface area (Å²) in [6.45, 7) is 3.85. The molecule has 0 aliphatic heterocycles. The van der Waals surface area contributed by atoms with Gasteiger partial charge in [0.25, 0.3) is 0 Å². The average Bonchev–Trinajstić information content (AvgIpc) is 3.31. The number of thiophene rings is 1. The molecule has 2 N–H and O–H groups in total. The second-order valence-corrected chi connectivity index (χ2v) is 6.99. The third-order valence-corrected chi connectivity index (χ3v) is 4.91. The standard InChI is InChI=1S/C19H19N3O4S/c1-11-3-4-13(9-12(11)2)17(19(24)25)20-15(23)5-6-16-21-18(22-26-16)14-7-8-27-10-14/h3-4,7-10,17H,5-6H2,1-2H3,(H,20,23)(H,24,25). The quantitative estimate of drug-likeness (QED) is 0.646. The molecule has 1 unspecified atom stereocenters. The van der Waals surface area contributed by atoms with Crippen molar-refractivity contribution in [2.45, 2.75) is 32.7 Å². The fourth-order valence-corrected chi connectivity index (χ4v) is 3.19. The van der Waals surface area contributed by atoms with Gasteiger partial charge >= 0.3 is 5.97 Å². The Bertz CT molecular complexity index is 950. The van der Waals surface area contributed by atoms with E-state index in [0.717, 1.165) is 16.7 Å². The van der Waals surface area contributed by atoms with Gasteiger partial charge in [-0.25, -0.2) is 4.79 Å². The zero-order valence-electron chi connectivity index (χ0n) is 14.9. The number of aryl methyl sites for hydroxylation is 3. The van der Waals surface area contributed by atoms with Gasteiger partial charge in [-0.05, 0) is 42.0 Å². The summed E-state index contributed by atoms with van der Waals surface area (Å²) >= 11 is 1.53. The first-order chi connectivity index (χ1) is 12.9. The van der Waals surface area contributed by atoms with Crippen molar-refractivity contribution in [2.24, 2.45) is 0 Å². The van der Waals surface area contributed by atoms with Gasteiger partial charge in [0.15, 0.2) is 6.04 Å². The molecule has 7 nitrogen and oxygen atoms in total. The van der Waals surface area contributed by atoms with E-state index >= 15 is 0 Å². The highest BCUT2D eigenvalue weighted by atomic mass is 32.1. The zero-order chi connectivity index (χ0) is 19.4. The molecule has 0 aliphatic carbocycles. The van der Waals surface area contributed by atoms with Crippen LogP contribution in [0.25, 0.3) is 11.4 Å². The number of carbonyl (C=O) groups is 2. The number of nitrogens with zero attached hydrogens (tertiary/aromatic N) is 2. The van der Waals surface area contributed by atoms with Gasteiger partial charge in [-0.1, -0.05) is 23.4 Å². The monoisotopic (exact) mass is 385 g/mol. The van der Waals surface area contributed by atoms with E-state index in [9.17, 15) is 14.7 Å². The number of nitrogens with one attached hydrogen (secondary N) is 1. The number of amides is 1. The lowest BCUT2D eigenvalue weighted by Gasteiger charge is -2.16. The van der Waals surface area contributed by atoms with E-state index in [2.05, 4.69) is 15.5 Å². The van der Waals surface area contributed by atoms with Crippen molar-refractivity contribution in [1.29, 1.82) is 0 Å². The van der Waals surface area contributed by atoms with E-state index in [-0.39, 0.29) is 12.8 Å². The third kappa shape index (κ3) is 4.59. The summed E-state index contributed by atoms with van der Waals surface area (Å²) in [6, 6.07) is 6.12. The largest absolute Gasteiger partial charge is 0.479 e. The molecule has 0 bridgehead atoms. The van der Waals surface area contributed by atoms with Crippen LogP contribution in [0.5, 0.6) is 0 Å². The van der Waals surface area contributed by atoms with Gasteiger partial charge in [0.1, 0.15) is 0 Å². The molecule has 0 saturated heterocycles. The Kier molecular flexibility index (Phi) is 5.66. The van der Waals surface area contributed by atoms with E-state index in [4.69, 9.17) is 4.52 Å². The Morgan fingerprint density at radius 3 is 2.74 bits per heavy atom. The summed E-state index contributed by atoms with van der Waals surface area (Å²) in [5, 5.41) is 19.7. The molecule has 0 radical (unpaired) electrons. The van der Waals surface area contributed by atoms with Crippen LogP contribution in [0, 0.1) is 13.8 Å². The summed E-state index contributed by atoms with van der Waals surface area (Å²) in [7, 11) is 0. The fraction of sp³-hybridized carbons (Fsp3) is 0.263. The molecular weight excluding hydrogens is 366 g/mol. The molecule has 1 amide bonds. The number of aliphatic carboxylic acids is 1. The molecular formula is C19H19N3O4S. The van der Waals surface area contributed by atoms with Gasteiger partial charge in [0, 0.05) is 23.8 Å². The number of carbonyl (C=O) groups excluding carboxylic acids is 1. The molecule has 0 spiro atoms. The summed E-state index contributed by atoms with van der Waals surface area (Å²) < 4.78 is 5.15. The molecule has 2 aromatic heterocycles. The van der Waals surface area contributed by atoms with Crippen molar-refractivity contribution in [3.8, 4) is 11.4 Å². The van der Waals surface area contributed by atoms with E-state index in [1.54, 1.807) is 12.1 Å². The van der Waals surface area contributed by atoms with E-state index in [1.165, 1.54) is 11.3 Å². The smallest absolute Gasteiger partial charge is 0.330 e. The van der Waals surface area contributed by atoms with Crippen LogP contribution in [0.2, 0.25) is 0 Å². The minimum atomic E-state index is -1.11. The lowest BCUT2D eigenvalue weighted by molar-refractivity contribution is -0.142. The normalized spacial score (nSPS) is 11.9. The van der Waals surface area contributed by atoms with Gasteiger partial charge in [0.2, 0.25) is 17.6 Å². The van der Waals surface area contributed by atoms with Gasteiger partial charge in [-0.2, -0.15) is 16.3 Å². The SMILES string of the molecule is Cc1ccc(C(NC(=O)CCc2nc(-c3ccsc3)no2)C(=O)O)cc1C. The van der Waals surface area contributed by atoms with Gasteiger partial charge in [0.05, 0.1) is 0 Å². The fourth-order valence-electron chi connectivity index (χ4n) is 2.55. The predicted octanol–water partition coefficient (Wildman–Crippen LogP) is 3.29. The van der Waals surface area contributed by atoms with Crippen LogP contribution in [0.1, 0.15) is 35.0 Å². The maximum Gasteiger partial charge on any atom is 0.330 e. The first-order valence-corrected chi connectivity index (χ1v) is 9.33. The van der Waals surface area contributed by atoms with Crippen molar-refractivity contribution >= 4 is 23.2 Å². The summed E-state index contributed by atoms with van der Waals surface area (Å²) in [6.07, 6.45) is 0.294. The number of hydrogen-bond donors (Lipinski definition) is 2. The lowest BCUT2D eigenvalue weighted by atomic mass is 10.0. The maximum absolute atomic E-state index is 12.2. The Labute approximate surface area is 160 Å². The van der Waals surface area contributed by atoms with E-state index < -0.39 is 17.9 Å². The molecule has 1 aromatic carbocycles. The lowest BCUT2D eigenvalue weighted by Crippen LogP contribution is -2.34. The number of carboxylic acid groups (broad SMARTS) is 1. The Hall–Kier alpha value is -3.00. The molecule has 3 rings (SSSR count). The summed E-state index contributed by atoms with van der Waals surface area (Å²) in [5.74, 6) is -0.686. The average molecular weight is 385 g/mol.